The Kier molecular flexibility index (Phi) is 6.00. The zero-order valence-electron chi connectivity index (χ0n) is 16.0. The third-order valence-corrected chi connectivity index (χ3v) is 5.23. The number of hydrogen-bond donors (Lipinski definition) is 1. The summed E-state index contributed by atoms with van der Waals surface area (Å²) in [5, 5.41) is 11.3. The van der Waals surface area contributed by atoms with Crippen LogP contribution in [0.2, 0.25) is 0 Å². The van der Waals surface area contributed by atoms with Gasteiger partial charge in [-0.3, -0.25) is 4.79 Å². The molecule has 1 N–H and O–H groups in total. The fourth-order valence-electron chi connectivity index (χ4n) is 2.87. The first kappa shape index (κ1) is 19.3. The van der Waals surface area contributed by atoms with Crippen LogP contribution in [-0.4, -0.2) is 28.7 Å². The Balaban J connectivity index is 1.30. The lowest BCUT2D eigenvalue weighted by Gasteiger charge is -2.05. The summed E-state index contributed by atoms with van der Waals surface area (Å²) in [6.45, 7) is 2.38. The van der Waals surface area contributed by atoms with Crippen molar-refractivity contribution in [2.24, 2.45) is 0 Å². The molecule has 0 radical (unpaired) electrons. The van der Waals surface area contributed by atoms with Crippen molar-refractivity contribution in [3.8, 4) is 23.0 Å². The molecule has 150 valence electrons. The molecular weight excluding hydrogens is 390 g/mol. The summed E-state index contributed by atoms with van der Waals surface area (Å²) in [7, 11) is 0. The lowest BCUT2D eigenvalue weighted by molar-refractivity contribution is -0.113. The van der Waals surface area contributed by atoms with E-state index in [9.17, 15) is 4.79 Å². The van der Waals surface area contributed by atoms with Gasteiger partial charge in [-0.25, -0.2) is 0 Å². The molecule has 1 amide bonds. The van der Waals surface area contributed by atoms with E-state index in [0.717, 1.165) is 17.7 Å². The molecule has 3 aromatic rings. The van der Waals surface area contributed by atoms with Gasteiger partial charge >= 0.3 is 0 Å². The molecule has 8 heteroatoms. The lowest BCUT2D eigenvalue weighted by Crippen LogP contribution is -2.13. The van der Waals surface area contributed by atoms with E-state index in [1.807, 2.05) is 30.3 Å². The minimum atomic E-state index is -0.126. The predicted octanol–water partition coefficient (Wildman–Crippen LogP) is 4.54. The van der Waals surface area contributed by atoms with E-state index < -0.39 is 0 Å². The van der Waals surface area contributed by atoms with Crippen LogP contribution in [0.25, 0.3) is 11.5 Å². The smallest absolute Gasteiger partial charge is 0.277 e. The summed E-state index contributed by atoms with van der Waals surface area (Å²) in [4.78, 5) is 12.2. The highest BCUT2D eigenvalue weighted by Crippen LogP contribution is 2.36. The SMILES string of the molecule is CCCCc1ccc(NC(=O)CSc2nnc(-c3ccc4c(c3)OCO4)o2)cc1. The summed E-state index contributed by atoms with van der Waals surface area (Å²) in [6.07, 6.45) is 3.39. The average molecular weight is 411 g/mol. The standard InChI is InChI=1S/C21H21N3O4S/c1-2-3-4-14-5-8-16(9-6-14)22-19(25)12-29-21-24-23-20(28-21)15-7-10-17-18(11-15)27-13-26-17/h5-11H,2-4,12-13H2,1H3,(H,22,25). The molecule has 0 fully saturated rings. The molecule has 4 rings (SSSR count). The second kappa shape index (κ2) is 9.00. The number of carbonyl (C=O) groups excluding carboxylic acids is 1. The van der Waals surface area contributed by atoms with Crippen molar-refractivity contribution < 1.29 is 18.7 Å². The quantitative estimate of drug-likeness (QED) is 0.545. The van der Waals surface area contributed by atoms with Crippen LogP contribution in [0.15, 0.2) is 52.1 Å². The fourth-order valence-corrected chi connectivity index (χ4v) is 3.44. The number of thioether (sulfide) groups is 1. The molecule has 29 heavy (non-hydrogen) atoms. The van der Waals surface area contributed by atoms with Gasteiger partial charge in [0.15, 0.2) is 11.5 Å². The lowest BCUT2D eigenvalue weighted by atomic mass is 10.1. The maximum atomic E-state index is 12.2. The maximum Gasteiger partial charge on any atom is 0.277 e. The van der Waals surface area contributed by atoms with Gasteiger partial charge in [0.25, 0.3) is 5.22 Å². The summed E-state index contributed by atoms with van der Waals surface area (Å²) >= 11 is 1.19. The van der Waals surface area contributed by atoms with Crippen molar-refractivity contribution >= 4 is 23.4 Å². The van der Waals surface area contributed by atoms with Gasteiger partial charge in [0.2, 0.25) is 18.6 Å². The van der Waals surface area contributed by atoms with Crippen molar-refractivity contribution in [3.63, 3.8) is 0 Å². The molecule has 0 spiro atoms. The number of ether oxygens (including phenoxy) is 2. The number of aryl methyl sites for hydroxylation is 1. The number of nitrogens with zero attached hydrogens (tertiary/aromatic N) is 2. The predicted molar refractivity (Wildman–Crippen MR) is 110 cm³/mol. The average Bonchev–Trinajstić information content (AvgIpc) is 3.40. The highest BCUT2D eigenvalue weighted by molar-refractivity contribution is 7.99. The van der Waals surface area contributed by atoms with Crippen LogP contribution < -0.4 is 14.8 Å². The number of fused-ring (bicyclic) bond motifs is 1. The number of nitrogens with one attached hydrogen (secondary N) is 1. The van der Waals surface area contributed by atoms with Crippen LogP contribution in [0.1, 0.15) is 25.3 Å². The number of amides is 1. The summed E-state index contributed by atoms with van der Waals surface area (Å²) < 4.78 is 16.3. The number of aromatic nitrogens is 2. The number of carbonyl (C=O) groups is 1. The van der Waals surface area contributed by atoms with Crippen LogP contribution in [-0.2, 0) is 11.2 Å². The molecule has 2 aromatic carbocycles. The molecule has 0 saturated carbocycles. The minimum absolute atomic E-state index is 0.126. The molecule has 0 bridgehead atoms. The van der Waals surface area contributed by atoms with Gasteiger partial charge in [-0.2, -0.15) is 0 Å². The number of rotatable bonds is 8. The molecule has 0 atom stereocenters. The third kappa shape index (κ3) is 4.89. The van der Waals surface area contributed by atoms with Crippen molar-refractivity contribution in [2.75, 3.05) is 17.9 Å². The van der Waals surface area contributed by atoms with Crippen LogP contribution in [0.5, 0.6) is 11.5 Å². The van der Waals surface area contributed by atoms with E-state index in [1.54, 1.807) is 12.1 Å². The molecule has 0 unspecified atom stereocenters. The first-order valence-electron chi connectivity index (χ1n) is 9.46. The van der Waals surface area contributed by atoms with Gasteiger partial charge in [0.1, 0.15) is 0 Å². The van der Waals surface area contributed by atoms with Gasteiger partial charge in [-0.1, -0.05) is 37.2 Å². The highest BCUT2D eigenvalue weighted by atomic mass is 32.2. The Morgan fingerprint density at radius 2 is 1.93 bits per heavy atom. The number of unbranched alkanes of at least 4 members (excludes halogenated alkanes) is 1. The first-order chi connectivity index (χ1) is 14.2. The minimum Gasteiger partial charge on any atom is -0.454 e. The van der Waals surface area contributed by atoms with Crippen molar-refractivity contribution in [1.82, 2.24) is 10.2 Å². The Hall–Kier alpha value is -3.00. The van der Waals surface area contributed by atoms with Gasteiger partial charge < -0.3 is 19.2 Å². The van der Waals surface area contributed by atoms with Gasteiger partial charge in [0.05, 0.1) is 5.75 Å². The van der Waals surface area contributed by atoms with Crippen LogP contribution in [0.3, 0.4) is 0 Å². The second-order valence-corrected chi connectivity index (χ2v) is 7.51. The van der Waals surface area contributed by atoms with Crippen molar-refractivity contribution in [2.45, 2.75) is 31.4 Å². The van der Waals surface area contributed by atoms with Gasteiger partial charge in [-0.15, -0.1) is 10.2 Å². The molecule has 1 aromatic heterocycles. The van der Waals surface area contributed by atoms with Crippen molar-refractivity contribution in [1.29, 1.82) is 0 Å². The van der Waals surface area contributed by atoms with E-state index in [4.69, 9.17) is 13.9 Å². The zero-order valence-corrected chi connectivity index (χ0v) is 16.8. The molecule has 0 aliphatic carbocycles. The van der Waals surface area contributed by atoms with E-state index >= 15 is 0 Å². The topological polar surface area (TPSA) is 86.5 Å². The molecule has 0 saturated heterocycles. The van der Waals surface area contributed by atoms with E-state index in [2.05, 4.69) is 22.4 Å². The zero-order chi connectivity index (χ0) is 20.1. The maximum absolute atomic E-state index is 12.2. The number of hydrogen-bond acceptors (Lipinski definition) is 7. The van der Waals surface area contributed by atoms with Crippen LogP contribution >= 0.6 is 11.8 Å². The van der Waals surface area contributed by atoms with Crippen molar-refractivity contribution in [3.05, 3.63) is 48.0 Å². The second-order valence-electron chi connectivity index (χ2n) is 6.58. The Morgan fingerprint density at radius 3 is 2.76 bits per heavy atom. The third-order valence-electron chi connectivity index (χ3n) is 4.41. The highest BCUT2D eigenvalue weighted by Gasteiger charge is 2.17. The number of anilines is 1. The fraction of sp³-hybridized carbons (Fsp3) is 0.286. The first-order valence-corrected chi connectivity index (χ1v) is 10.4. The number of benzene rings is 2. The van der Waals surface area contributed by atoms with E-state index in [-0.39, 0.29) is 18.5 Å². The molecule has 2 heterocycles. The summed E-state index contributed by atoms with van der Waals surface area (Å²) in [5.41, 5.74) is 2.80. The molecule has 7 nitrogen and oxygen atoms in total. The Morgan fingerprint density at radius 1 is 1.10 bits per heavy atom. The van der Waals surface area contributed by atoms with Gasteiger partial charge in [0, 0.05) is 11.3 Å². The Bertz CT molecular complexity index is 988. The monoisotopic (exact) mass is 411 g/mol. The molecule has 1 aliphatic rings. The van der Waals surface area contributed by atoms with Crippen LogP contribution in [0.4, 0.5) is 5.69 Å². The van der Waals surface area contributed by atoms with E-state index in [0.29, 0.717) is 22.6 Å². The summed E-state index contributed by atoms with van der Waals surface area (Å²) in [6, 6.07) is 13.4. The van der Waals surface area contributed by atoms with Gasteiger partial charge in [-0.05, 0) is 48.7 Å². The Labute approximate surface area is 172 Å². The summed E-state index contributed by atoms with van der Waals surface area (Å²) in [5.74, 6) is 1.77. The van der Waals surface area contributed by atoms with Crippen LogP contribution in [0, 0.1) is 0 Å². The van der Waals surface area contributed by atoms with E-state index in [1.165, 1.54) is 30.2 Å². The normalized spacial score (nSPS) is 12.2. The molecular formula is C21H21N3O4S. The largest absolute Gasteiger partial charge is 0.454 e. The molecule has 1 aliphatic heterocycles.